The molecule has 3 aromatic rings. The van der Waals surface area contributed by atoms with E-state index in [1.807, 2.05) is 0 Å². The first kappa shape index (κ1) is 20.7. The SMILES string of the molecule is CC1CCc2c(sc3ncn(C(C)C(=O)NN=Cc4cc(Br)ccc4O)c(=O)c23)C1. The van der Waals surface area contributed by atoms with Crippen LogP contribution in [0.2, 0.25) is 0 Å². The number of aromatic nitrogens is 2. The molecule has 0 aliphatic heterocycles. The van der Waals surface area contributed by atoms with Crippen molar-refractivity contribution in [1.82, 2.24) is 15.0 Å². The van der Waals surface area contributed by atoms with E-state index in [1.165, 1.54) is 28.1 Å². The normalized spacial score (nSPS) is 17.2. The molecule has 0 bridgehead atoms. The largest absolute Gasteiger partial charge is 0.507 e. The number of hydrogen-bond acceptors (Lipinski definition) is 6. The second kappa shape index (κ2) is 8.31. The van der Waals surface area contributed by atoms with Gasteiger partial charge in [-0.15, -0.1) is 11.3 Å². The Morgan fingerprint density at radius 2 is 2.30 bits per heavy atom. The summed E-state index contributed by atoms with van der Waals surface area (Å²) < 4.78 is 2.13. The Morgan fingerprint density at radius 3 is 3.10 bits per heavy atom. The number of benzene rings is 1. The van der Waals surface area contributed by atoms with Gasteiger partial charge in [0.2, 0.25) is 0 Å². The van der Waals surface area contributed by atoms with Crippen LogP contribution < -0.4 is 11.0 Å². The molecule has 1 aliphatic carbocycles. The Labute approximate surface area is 185 Å². The van der Waals surface area contributed by atoms with Crippen LogP contribution in [0.5, 0.6) is 5.75 Å². The first-order chi connectivity index (χ1) is 14.3. The second-order valence-electron chi connectivity index (χ2n) is 7.60. The van der Waals surface area contributed by atoms with Gasteiger partial charge in [0.15, 0.2) is 0 Å². The molecule has 0 radical (unpaired) electrons. The average molecular weight is 489 g/mol. The van der Waals surface area contributed by atoms with Crippen LogP contribution in [0.4, 0.5) is 0 Å². The number of fused-ring (bicyclic) bond motifs is 3. The minimum absolute atomic E-state index is 0.0478. The van der Waals surface area contributed by atoms with Crippen LogP contribution in [0.1, 0.15) is 42.3 Å². The molecule has 30 heavy (non-hydrogen) atoms. The average Bonchev–Trinajstić information content (AvgIpc) is 3.08. The standard InChI is InChI=1S/C21H21BrN4O3S/c1-11-3-5-15-17(7-11)30-20-18(15)21(29)26(10-23-20)12(2)19(28)25-24-9-13-8-14(22)4-6-16(13)27/h4,6,8-12,27H,3,5,7H2,1-2H3,(H,25,28). The van der Waals surface area contributed by atoms with Crippen LogP contribution in [0, 0.1) is 5.92 Å². The fourth-order valence-corrected chi connectivity index (χ4v) is 5.35. The third kappa shape index (κ3) is 3.91. The number of phenols is 1. The van der Waals surface area contributed by atoms with Gasteiger partial charge in [0.25, 0.3) is 11.5 Å². The lowest BCUT2D eigenvalue weighted by Crippen LogP contribution is -2.34. The first-order valence-corrected chi connectivity index (χ1v) is 11.3. The zero-order valence-electron chi connectivity index (χ0n) is 16.6. The number of aryl methyl sites for hydroxylation is 1. The van der Waals surface area contributed by atoms with Crippen LogP contribution in [0.15, 0.2) is 38.9 Å². The van der Waals surface area contributed by atoms with Crippen LogP contribution >= 0.6 is 27.3 Å². The molecule has 2 unspecified atom stereocenters. The van der Waals surface area contributed by atoms with E-state index in [9.17, 15) is 14.7 Å². The Bertz CT molecular complexity index is 1220. The second-order valence-corrected chi connectivity index (χ2v) is 9.60. The van der Waals surface area contributed by atoms with Crippen LogP contribution in [-0.4, -0.2) is 26.8 Å². The summed E-state index contributed by atoms with van der Waals surface area (Å²) in [5, 5.41) is 14.4. The molecule has 9 heteroatoms. The maximum Gasteiger partial charge on any atom is 0.263 e. The number of nitrogens with one attached hydrogen (secondary N) is 1. The van der Waals surface area contributed by atoms with E-state index in [4.69, 9.17) is 0 Å². The summed E-state index contributed by atoms with van der Waals surface area (Å²) in [7, 11) is 0. The van der Waals surface area contributed by atoms with E-state index < -0.39 is 11.9 Å². The molecule has 1 aromatic carbocycles. The fraction of sp³-hybridized carbons (Fsp3) is 0.333. The summed E-state index contributed by atoms with van der Waals surface area (Å²) in [6.45, 7) is 3.86. The lowest BCUT2D eigenvalue weighted by Gasteiger charge is -2.18. The van der Waals surface area contributed by atoms with Crippen molar-refractivity contribution in [2.24, 2.45) is 11.0 Å². The molecule has 7 nitrogen and oxygen atoms in total. The van der Waals surface area contributed by atoms with Gasteiger partial charge in [0, 0.05) is 14.9 Å². The van der Waals surface area contributed by atoms with E-state index in [0.717, 1.165) is 34.1 Å². The number of rotatable bonds is 4. The van der Waals surface area contributed by atoms with E-state index in [1.54, 1.807) is 30.4 Å². The lowest BCUT2D eigenvalue weighted by molar-refractivity contribution is -0.123. The number of hydrogen-bond donors (Lipinski definition) is 2. The minimum Gasteiger partial charge on any atom is -0.507 e. The number of hydrazone groups is 1. The molecular formula is C21H21BrN4O3S. The number of phenolic OH excluding ortho intramolecular Hbond substituents is 1. The van der Waals surface area contributed by atoms with Crippen molar-refractivity contribution in [1.29, 1.82) is 0 Å². The zero-order valence-corrected chi connectivity index (χ0v) is 19.0. The van der Waals surface area contributed by atoms with Crippen LogP contribution in [-0.2, 0) is 17.6 Å². The van der Waals surface area contributed by atoms with E-state index in [2.05, 4.69) is 38.4 Å². The molecule has 2 heterocycles. The topological polar surface area (TPSA) is 96.6 Å². The van der Waals surface area contributed by atoms with Gasteiger partial charge < -0.3 is 5.11 Å². The molecule has 0 saturated heterocycles. The zero-order chi connectivity index (χ0) is 21.4. The van der Waals surface area contributed by atoms with Crippen molar-refractivity contribution in [3.63, 3.8) is 0 Å². The third-order valence-corrected chi connectivity index (χ3v) is 7.06. The van der Waals surface area contributed by atoms with E-state index in [-0.39, 0.29) is 11.3 Å². The van der Waals surface area contributed by atoms with Gasteiger partial charge in [-0.3, -0.25) is 14.2 Å². The van der Waals surface area contributed by atoms with Crippen LogP contribution in [0.3, 0.4) is 0 Å². The third-order valence-electron chi connectivity index (χ3n) is 5.41. The quantitative estimate of drug-likeness (QED) is 0.431. The predicted octanol–water partition coefficient (Wildman–Crippen LogP) is 3.76. The highest BCUT2D eigenvalue weighted by molar-refractivity contribution is 9.10. The van der Waals surface area contributed by atoms with Gasteiger partial charge >= 0.3 is 0 Å². The number of carbonyl (C=O) groups excluding carboxylic acids is 1. The number of nitrogens with zero attached hydrogens (tertiary/aromatic N) is 3. The van der Waals surface area contributed by atoms with Crippen molar-refractivity contribution in [3.8, 4) is 5.75 Å². The number of carbonyl (C=O) groups is 1. The molecule has 2 aromatic heterocycles. The van der Waals surface area contributed by atoms with Crippen molar-refractivity contribution < 1.29 is 9.90 Å². The van der Waals surface area contributed by atoms with Gasteiger partial charge in [-0.25, -0.2) is 10.4 Å². The summed E-state index contributed by atoms with van der Waals surface area (Å²) in [5.41, 5.74) is 3.79. The van der Waals surface area contributed by atoms with Crippen molar-refractivity contribution in [2.75, 3.05) is 0 Å². The van der Waals surface area contributed by atoms with Gasteiger partial charge in [-0.1, -0.05) is 22.9 Å². The molecule has 2 atom stereocenters. The summed E-state index contributed by atoms with van der Waals surface area (Å²) in [5.74, 6) is 0.216. The van der Waals surface area contributed by atoms with Gasteiger partial charge in [-0.05, 0) is 55.9 Å². The maximum atomic E-state index is 13.1. The number of aromatic hydroxyl groups is 1. The molecule has 1 amide bonds. The molecule has 0 saturated carbocycles. The number of halogens is 1. The molecule has 156 valence electrons. The Morgan fingerprint density at radius 1 is 1.50 bits per heavy atom. The Balaban J connectivity index is 1.57. The highest BCUT2D eigenvalue weighted by Gasteiger charge is 2.25. The van der Waals surface area contributed by atoms with Crippen molar-refractivity contribution >= 4 is 49.6 Å². The molecule has 2 N–H and O–H groups in total. The summed E-state index contributed by atoms with van der Waals surface area (Å²) in [4.78, 5) is 32.1. The smallest absolute Gasteiger partial charge is 0.263 e. The van der Waals surface area contributed by atoms with E-state index >= 15 is 0 Å². The minimum atomic E-state index is -0.777. The fourth-order valence-electron chi connectivity index (χ4n) is 3.63. The van der Waals surface area contributed by atoms with Gasteiger partial charge in [0.05, 0.1) is 17.9 Å². The molecule has 0 spiro atoms. The number of thiophene rings is 1. The number of amides is 1. The van der Waals surface area contributed by atoms with Crippen molar-refractivity contribution in [2.45, 2.75) is 39.2 Å². The van der Waals surface area contributed by atoms with Gasteiger partial charge in [0.1, 0.15) is 16.6 Å². The lowest BCUT2D eigenvalue weighted by atomic mass is 9.89. The Hall–Kier alpha value is -2.52. The Kier molecular flexibility index (Phi) is 5.75. The summed E-state index contributed by atoms with van der Waals surface area (Å²) in [6.07, 6.45) is 5.69. The van der Waals surface area contributed by atoms with Crippen LogP contribution in [0.25, 0.3) is 10.2 Å². The molecule has 1 aliphatic rings. The summed E-state index contributed by atoms with van der Waals surface area (Å²) in [6, 6.07) is 4.13. The molecular weight excluding hydrogens is 468 g/mol. The maximum absolute atomic E-state index is 13.1. The highest BCUT2D eigenvalue weighted by atomic mass is 79.9. The van der Waals surface area contributed by atoms with Crippen molar-refractivity contribution in [3.05, 3.63) is 55.4 Å². The summed E-state index contributed by atoms with van der Waals surface area (Å²) >= 11 is 4.90. The molecule has 4 rings (SSSR count). The molecule has 0 fully saturated rings. The highest BCUT2D eigenvalue weighted by Crippen LogP contribution is 2.35. The first-order valence-electron chi connectivity index (χ1n) is 9.68. The monoisotopic (exact) mass is 488 g/mol. The van der Waals surface area contributed by atoms with Gasteiger partial charge in [-0.2, -0.15) is 5.10 Å². The predicted molar refractivity (Wildman–Crippen MR) is 121 cm³/mol. The van der Waals surface area contributed by atoms with E-state index in [0.29, 0.717) is 16.9 Å².